The highest BCUT2D eigenvalue weighted by atomic mass is 79.9. The number of nitrogens with zero attached hydrogens (tertiary/aromatic N) is 1. The highest BCUT2D eigenvalue weighted by molar-refractivity contribution is 9.10. The summed E-state index contributed by atoms with van der Waals surface area (Å²) in [4.78, 5) is 3.97. The van der Waals surface area contributed by atoms with Gasteiger partial charge in [-0.15, -0.1) is 0 Å². The van der Waals surface area contributed by atoms with Gasteiger partial charge in [0, 0.05) is 11.6 Å². The van der Waals surface area contributed by atoms with Crippen molar-refractivity contribution in [2.24, 2.45) is 0 Å². The summed E-state index contributed by atoms with van der Waals surface area (Å²) in [5.41, 5.74) is 5.65. The van der Waals surface area contributed by atoms with Crippen LogP contribution in [0.3, 0.4) is 0 Å². The van der Waals surface area contributed by atoms with E-state index >= 15 is 0 Å². The number of anilines is 1. The Morgan fingerprint density at radius 2 is 1.94 bits per heavy atom. The summed E-state index contributed by atoms with van der Waals surface area (Å²) in [5.74, 6) is 0. The van der Waals surface area contributed by atoms with Crippen molar-refractivity contribution < 1.29 is 13.2 Å². The first-order valence-electron chi connectivity index (χ1n) is 4.30. The zero-order valence-electron chi connectivity index (χ0n) is 7.85. The van der Waals surface area contributed by atoms with Crippen LogP contribution in [-0.2, 0) is 6.18 Å². The first-order valence-corrected chi connectivity index (χ1v) is 5.10. The zero-order valence-corrected chi connectivity index (χ0v) is 9.43. The van der Waals surface area contributed by atoms with E-state index in [-0.39, 0.29) is 5.69 Å². The Balaban J connectivity index is 2.74. The smallest absolute Gasteiger partial charge is 0.397 e. The van der Waals surface area contributed by atoms with Crippen LogP contribution in [0.4, 0.5) is 18.9 Å². The molecule has 6 heteroatoms. The van der Waals surface area contributed by atoms with Crippen molar-refractivity contribution in [3.8, 4) is 0 Å². The molecular formula is C10H6BrF3N2. The summed E-state index contributed by atoms with van der Waals surface area (Å²) < 4.78 is 37.9. The number of hydrogen-bond donors (Lipinski definition) is 1. The van der Waals surface area contributed by atoms with Crippen LogP contribution in [0.2, 0.25) is 0 Å². The van der Waals surface area contributed by atoms with Crippen molar-refractivity contribution in [2.45, 2.75) is 6.18 Å². The zero-order chi connectivity index (χ0) is 11.9. The van der Waals surface area contributed by atoms with E-state index in [1.165, 1.54) is 12.3 Å². The van der Waals surface area contributed by atoms with Gasteiger partial charge in [-0.25, -0.2) is 0 Å². The van der Waals surface area contributed by atoms with Gasteiger partial charge in [0.1, 0.15) is 0 Å². The van der Waals surface area contributed by atoms with Crippen molar-refractivity contribution in [3.63, 3.8) is 0 Å². The van der Waals surface area contributed by atoms with Gasteiger partial charge in [0.15, 0.2) is 0 Å². The Morgan fingerprint density at radius 1 is 1.25 bits per heavy atom. The molecule has 0 saturated heterocycles. The number of fused-ring (bicyclic) bond motifs is 1. The lowest BCUT2D eigenvalue weighted by Crippen LogP contribution is -2.05. The summed E-state index contributed by atoms with van der Waals surface area (Å²) in [6.45, 7) is 0. The van der Waals surface area contributed by atoms with Gasteiger partial charge in [-0.05, 0) is 34.1 Å². The minimum Gasteiger partial charge on any atom is -0.397 e. The molecule has 0 aliphatic rings. The molecule has 0 radical (unpaired) electrons. The van der Waals surface area contributed by atoms with Gasteiger partial charge in [0.2, 0.25) is 0 Å². The molecule has 2 rings (SSSR count). The molecule has 0 bridgehead atoms. The van der Waals surface area contributed by atoms with Gasteiger partial charge >= 0.3 is 6.18 Å². The van der Waals surface area contributed by atoms with Crippen LogP contribution in [0.1, 0.15) is 5.56 Å². The lowest BCUT2D eigenvalue weighted by molar-refractivity contribution is -0.137. The molecule has 16 heavy (non-hydrogen) atoms. The fraction of sp³-hybridized carbons (Fsp3) is 0.100. The number of aromatic nitrogens is 1. The van der Waals surface area contributed by atoms with E-state index in [2.05, 4.69) is 20.9 Å². The van der Waals surface area contributed by atoms with Crippen LogP contribution in [0.5, 0.6) is 0 Å². The molecule has 0 saturated carbocycles. The minimum absolute atomic E-state index is 0.260. The Bertz CT molecular complexity index is 551. The van der Waals surface area contributed by atoms with Crippen LogP contribution < -0.4 is 5.73 Å². The van der Waals surface area contributed by atoms with E-state index in [4.69, 9.17) is 5.73 Å². The predicted octanol–water partition coefficient (Wildman–Crippen LogP) is 3.60. The van der Waals surface area contributed by atoms with Gasteiger partial charge in [-0.1, -0.05) is 0 Å². The fourth-order valence-corrected chi connectivity index (χ4v) is 1.68. The number of hydrogen-bond acceptors (Lipinski definition) is 2. The monoisotopic (exact) mass is 290 g/mol. The molecule has 0 fully saturated rings. The largest absolute Gasteiger partial charge is 0.416 e. The number of halogens is 4. The molecule has 0 unspecified atom stereocenters. The molecule has 0 aliphatic carbocycles. The maximum Gasteiger partial charge on any atom is 0.416 e. The quantitative estimate of drug-likeness (QED) is 0.805. The van der Waals surface area contributed by atoms with E-state index in [1.807, 2.05) is 0 Å². The van der Waals surface area contributed by atoms with E-state index in [9.17, 15) is 13.2 Å². The number of rotatable bonds is 0. The number of alkyl halides is 3. The molecule has 2 nitrogen and oxygen atoms in total. The molecule has 2 N–H and O–H groups in total. The summed E-state index contributed by atoms with van der Waals surface area (Å²) in [7, 11) is 0. The van der Waals surface area contributed by atoms with E-state index in [0.717, 1.165) is 12.1 Å². The van der Waals surface area contributed by atoms with Crippen molar-refractivity contribution in [1.82, 2.24) is 4.98 Å². The number of benzene rings is 1. The third-order valence-corrected chi connectivity index (χ3v) is 2.82. The average Bonchev–Trinajstić information content (AvgIpc) is 2.22. The maximum absolute atomic E-state index is 12.5. The third-order valence-electron chi connectivity index (χ3n) is 2.19. The standard InChI is InChI=1S/C10H6BrF3N2/c11-7-4-16-8-2-1-5(10(12,13)14)3-6(8)9(7)15/h1-4H,(H2,15,16). The number of nitrogen functional groups attached to an aromatic ring is 1. The van der Waals surface area contributed by atoms with E-state index < -0.39 is 11.7 Å². The Labute approximate surface area is 97.4 Å². The molecule has 0 amide bonds. The predicted molar refractivity (Wildman–Crippen MR) is 58.9 cm³/mol. The topological polar surface area (TPSA) is 38.9 Å². The van der Waals surface area contributed by atoms with Crippen molar-refractivity contribution in [2.75, 3.05) is 5.73 Å². The van der Waals surface area contributed by atoms with Gasteiger partial charge in [-0.2, -0.15) is 13.2 Å². The van der Waals surface area contributed by atoms with Crippen LogP contribution >= 0.6 is 15.9 Å². The third kappa shape index (κ3) is 1.84. The first kappa shape index (κ1) is 11.2. The van der Waals surface area contributed by atoms with Gasteiger partial charge in [0.25, 0.3) is 0 Å². The van der Waals surface area contributed by atoms with Gasteiger partial charge in [-0.3, -0.25) is 4.98 Å². The van der Waals surface area contributed by atoms with E-state index in [0.29, 0.717) is 15.4 Å². The second-order valence-corrected chi connectivity index (χ2v) is 4.10. The molecule has 1 aromatic heterocycles. The summed E-state index contributed by atoms with van der Waals surface area (Å²) in [5, 5.41) is 0.296. The molecular weight excluding hydrogens is 285 g/mol. The SMILES string of the molecule is Nc1c(Br)cnc2ccc(C(F)(F)F)cc12. The molecule has 0 aliphatic heterocycles. The lowest BCUT2D eigenvalue weighted by atomic mass is 10.1. The molecule has 2 aromatic rings. The Kier molecular flexibility index (Phi) is 2.53. The summed E-state index contributed by atoms with van der Waals surface area (Å²) >= 11 is 3.12. The normalized spacial score (nSPS) is 12.0. The fourth-order valence-electron chi connectivity index (χ4n) is 1.37. The summed E-state index contributed by atoms with van der Waals surface area (Å²) in [6.07, 6.45) is -2.91. The van der Waals surface area contributed by atoms with Crippen molar-refractivity contribution >= 4 is 32.5 Å². The molecule has 1 aromatic carbocycles. The second kappa shape index (κ2) is 3.62. The lowest BCUT2D eigenvalue weighted by Gasteiger charge is -2.09. The Hall–Kier alpha value is -1.30. The first-order chi connectivity index (χ1) is 7.39. The highest BCUT2D eigenvalue weighted by Gasteiger charge is 2.30. The molecule has 0 atom stereocenters. The average molecular weight is 291 g/mol. The molecule has 1 heterocycles. The van der Waals surface area contributed by atoms with Gasteiger partial charge in [0.05, 0.1) is 21.2 Å². The molecule has 0 spiro atoms. The minimum atomic E-state index is -4.37. The number of nitrogens with two attached hydrogens (primary N) is 1. The van der Waals surface area contributed by atoms with E-state index in [1.54, 1.807) is 0 Å². The molecule has 84 valence electrons. The van der Waals surface area contributed by atoms with Crippen LogP contribution in [0, 0.1) is 0 Å². The maximum atomic E-state index is 12.5. The number of pyridine rings is 1. The van der Waals surface area contributed by atoms with Crippen LogP contribution in [0.15, 0.2) is 28.9 Å². The van der Waals surface area contributed by atoms with Crippen LogP contribution in [-0.4, -0.2) is 4.98 Å². The summed E-state index contributed by atoms with van der Waals surface area (Å²) in [6, 6.07) is 3.30. The Morgan fingerprint density at radius 3 is 2.56 bits per heavy atom. The van der Waals surface area contributed by atoms with Gasteiger partial charge < -0.3 is 5.73 Å². The van der Waals surface area contributed by atoms with Crippen LogP contribution in [0.25, 0.3) is 10.9 Å². The highest BCUT2D eigenvalue weighted by Crippen LogP contribution is 2.34. The second-order valence-electron chi connectivity index (χ2n) is 3.25. The van der Waals surface area contributed by atoms with Crippen molar-refractivity contribution in [1.29, 1.82) is 0 Å². The van der Waals surface area contributed by atoms with Crippen molar-refractivity contribution in [3.05, 3.63) is 34.4 Å².